The van der Waals surface area contributed by atoms with Crippen LogP contribution in [0.5, 0.6) is 0 Å². The molecule has 0 aliphatic carbocycles. The van der Waals surface area contributed by atoms with Crippen LogP contribution in [0.3, 0.4) is 0 Å². The first-order chi connectivity index (χ1) is 8.52. The van der Waals surface area contributed by atoms with Gasteiger partial charge in [-0.2, -0.15) is 0 Å². The predicted molar refractivity (Wildman–Crippen MR) is 68.2 cm³/mol. The molecule has 0 saturated carbocycles. The Morgan fingerprint density at radius 3 is 2.44 bits per heavy atom. The molecule has 0 spiro atoms. The largest absolute Gasteiger partial charge is 0.385 e. The summed E-state index contributed by atoms with van der Waals surface area (Å²) in [6.45, 7) is 0.920. The average molecular weight is 274 g/mol. The van der Waals surface area contributed by atoms with E-state index in [9.17, 15) is 8.42 Å². The van der Waals surface area contributed by atoms with Crippen LogP contribution in [0.1, 0.15) is 6.42 Å². The minimum Gasteiger partial charge on any atom is -0.385 e. The fourth-order valence-electron chi connectivity index (χ4n) is 1.43. The maximum absolute atomic E-state index is 12.1. The lowest BCUT2D eigenvalue weighted by Crippen LogP contribution is -2.28. The van der Waals surface area contributed by atoms with Gasteiger partial charge in [-0.1, -0.05) is 0 Å². The predicted octanol–water partition coefficient (Wildman–Crippen LogP) is 1.14. The minimum atomic E-state index is -3.48. The molecule has 0 heterocycles. The summed E-state index contributed by atoms with van der Waals surface area (Å²) in [6.07, 6.45) is 0.641. The molecule has 0 aliphatic rings. The minimum absolute atomic E-state index is 0.196. The molecule has 102 valence electrons. The number of nitrogens with zero attached hydrogens (tertiary/aromatic N) is 1. The highest BCUT2D eigenvalue weighted by Crippen LogP contribution is 2.17. The molecule has 0 saturated heterocycles. The highest BCUT2D eigenvalue weighted by Gasteiger charge is 2.19. The molecule has 0 bridgehead atoms. The van der Waals surface area contributed by atoms with E-state index in [0.29, 0.717) is 25.3 Å². The van der Waals surface area contributed by atoms with E-state index in [-0.39, 0.29) is 4.90 Å². The van der Waals surface area contributed by atoms with Gasteiger partial charge in [-0.05, 0) is 30.7 Å². The molecule has 0 aromatic heterocycles. The number of sulfonamides is 1. The fourth-order valence-corrected chi connectivity index (χ4v) is 2.64. The lowest BCUT2D eigenvalue weighted by molar-refractivity contribution is 0.189. The normalized spacial score (nSPS) is 11.8. The number of ether oxygens (including phenoxy) is 1. The second kappa shape index (κ2) is 6.69. The molecular weight excluding hydrogens is 256 g/mol. The zero-order valence-corrected chi connectivity index (χ0v) is 11.3. The van der Waals surface area contributed by atoms with Crippen LogP contribution in [-0.4, -0.2) is 45.2 Å². The van der Waals surface area contributed by atoms with Crippen LogP contribution in [0, 0.1) is 0 Å². The van der Waals surface area contributed by atoms with Crippen molar-refractivity contribution in [1.82, 2.24) is 4.31 Å². The molecule has 0 unspecified atom stereocenters. The lowest BCUT2D eigenvalue weighted by atomic mass is 10.3. The van der Waals surface area contributed by atoms with Gasteiger partial charge in [0.2, 0.25) is 10.0 Å². The number of benzene rings is 1. The molecule has 7 heteroatoms. The third kappa shape index (κ3) is 3.67. The molecule has 0 fully saturated rings. The number of nitrogens with one attached hydrogen (secondary N) is 1. The Morgan fingerprint density at radius 2 is 1.94 bits per heavy atom. The molecule has 0 radical (unpaired) electrons. The summed E-state index contributed by atoms with van der Waals surface area (Å²) in [5.74, 6) is 0. The maximum atomic E-state index is 12.1. The van der Waals surface area contributed by atoms with E-state index in [0.717, 1.165) is 0 Å². The number of hydrogen-bond acceptors (Lipinski definition) is 5. The van der Waals surface area contributed by atoms with Crippen LogP contribution in [0.25, 0.3) is 0 Å². The van der Waals surface area contributed by atoms with Crippen molar-refractivity contribution in [3.05, 3.63) is 24.3 Å². The van der Waals surface area contributed by atoms with Crippen LogP contribution in [0.15, 0.2) is 29.2 Å². The molecule has 1 rings (SSSR count). The summed E-state index contributed by atoms with van der Waals surface area (Å²) in [6, 6.07) is 5.88. The molecule has 18 heavy (non-hydrogen) atoms. The molecule has 2 N–H and O–H groups in total. The Kier molecular flexibility index (Phi) is 5.54. The molecular formula is C11H18N2O4S. The Hall–Kier alpha value is -1.15. The van der Waals surface area contributed by atoms with Crippen molar-refractivity contribution >= 4 is 15.7 Å². The van der Waals surface area contributed by atoms with Gasteiger partial charge in [0.15, 0.2) is 0 Å². The van der Waals surface area contributed by atoms with E-state index < -0.39 is 10.0 Å². The van der Waals surface area contributed by atoms with E-state index in [1.807, 2.05) is 5.48 Å². The Bertz CT molecular complexity index is 458. The number of rotatable bonds is 7. The first-order valence-corrected chi connectivity index (χ1v) is 6.92. The summed E-state index contributed by atoms with van der Waals surface area (Å²) >= 11 is 0. The highest BCUT2D eigenvalue weighted by molar-refractivity contribution is 7.89. The van der Waals surface area contributed by atoms with Gasteiger partial charge in [-0.3, -0.25) is 10.7 Å². The van der Waals surface area contributed by atoms with Gasteiger partial charge in [0, 0.05) is 27.3 Å². The van der Waals surface area contributed by atoms with E-state index >= 15 is 0 Å². The molecule has 6 nitrogen and oxygen atoms in total. The Balaban J connectivity index is 2.77. The third-order valence-corrected chi connectivity index (χ3v) is 4.38. The van der Waals surface area contributed by atoms with Crippen LogP contribution >= 0.6 is 0 Å². The SMILES string of the molecule is COCCCN(C)S(=O)(=O)c1ccc(NO)cc1. The van der Waals surface area contributed by atoms with E-state index in [1.165, 1.54) is 35.6 Å². The second-order valence-electron chi connectivity index (χ2n) is 3.81. The molecule has 1 aromatic carbocycles. The summed E-state index contributed by atoms with van der Waals surface area (Å²) in [4.78, 5) is 0.196. The smallest absolute Gasteiger partial charge is 0.242 e. The van der Waals surface area contributed by atoms with Crippen LogP contribution < -0.4 is 5.48 Å². The summed E-state index contributed by atoms with van der Waals surface area (Å²) in [5.41, 5.74) is 2.39. The third-order valence-electron chi connectivity index (χ3n) is 2.51. The zero-order valence-electron chi connectivity index (χ0n) is 10.5. The van der Waals surface area contributed by atoms with Crippen molar-refractivity contribution in [2.75, 3.05) is 32.8 Å². The van der Waals surface area contributed by atoms with Gasteiger partial charge in [-0.25, -0.2) is 12.7 Å². The summed E-state index contributed by atoms with van der Waals surface area (Å²) in [5, 5.41) is 8.66. The van der Waals surface area contributed by atoms with Crippen molar-refractivity contribution < 1.29 is 18.4 Å². The van der Waals surface area contributed by atoms with Gasteiger partial charge < -0.3 is 4.74 Å². The zero-order chi connectivity index (χ0) is 13.6. The number of anilines is 1. The monoisotopic (exact) mass is 274 g/mol. The van der Waals surface area contributed by atoms with Crippen LogP contribution in [-0.2, 0) is 14.8 Å². The van der Waals surface area contributed by atoms with Crippen molar-refractivity contribution in [3.8, 4) is 0 Å². The van der Waals surface area contributed by atoms with E-state index in [2.05, 4.69) is 0 Å². The van der Waals surface area contributed by atoms with E-state index in [4.69, 9.17) is 9.94 Å². The first-order valence-electron chi connectivity index (χ1n) is 5.48. The van der Waals surface area contributed by atoms with Crippen molar-refractivity contribution in [2.45, 2.75) is 11.3 Å². The lowest BCUT2D eigenvalue weighted by Gasteiger charge is -2.17. The summed E-state index contributed by atoms with van der Waals surface area (Å²) in [7, 11) is -0.367. The topological polar surface area (TPSA) is 78.9 Å². The second-order valence-corrected chi connectivity index (χ2v) is 5.85. The van der Waals surface area contributed by atoms with Gasteiger partial charge in [0.05, 0.1) is 10.6 Å². The van der Waals surface area contributed by atoms with Gasteiger partial charge >= 0.3 is 0 Å². The fraction of sp³-hybridized carbons (Fsp3) is 0.455. The number of methoxy groups -OCH3 is 1. The van der Waals surface area contributed by atoms with E-state index in [1.54, 1.807) is 7.11 Å². The number of hydrogen-bond donors (Lipinski definition) is 2. The van der Waals surface area contributed by atoms with Crippen molar-refractivity contribution in [3.63, 3.8) is 0 Å². The Morgan fingerprint density at radius 1 is 1.33 bits per heavy atom. The van der Waals surface area contributed by atoms with Gasteiger partial charge in [-0.15, -0.1) is 0 Å². The first kappa shape index (κ1) is 14.9. The van der Waals surface area contributed by atoms with Crippen LogP contribution in [0.4, 0.5) is 5.69 Å². The van der Waals surface area contributed by atoms with Crippen molar-refractivity contribution in [1.29, 1.82) is 0 Å². The van der Waals surface area contributed by atoms with Crippen molar-refractivity contribution in [2.24, 2.45) is 0 Å². The van der Waals surface area contributed by atoms with Gasteiger partial charge in [0.1, 0.15) is 0 Å². The van der Waals surface area contributed by atoms with Crippen LogP contribution in [0.2, 0.25) is 0 Å². The highest BCUT2D eigenvalue weighted by atomic mass is 32.2. The molecule has 0 aliphatic heterocycles. The van der Waals surface area contributed by atoms with Gasteiger partial charge in [0.25, 0.3) is 0 Å². The standard InChI is InChI=1S/C11H18N2O4S/c1-13(8-3-9-17-2)18(15,16)11-6-4-10(12-14)5-7-11/h4-7,12,14H,3,8-9H2,1-2H3. The average Bonchev–Trinajstić information content (AvgIpc) is 2.39. The quantitative estimate of drug-likeness (QED) is 0.576. The molecule has 0 atom stereocenters. The summed E-state index contributed by atoms with van der Waals surface area (Å²) < 4.78 is 30.4. The maximum Gasteiger partial charge on any atom is 0.242 e. The Labute approximate surface area is 107 Å². The molecule has 0 amide bonds. The molecule has 1 aromatic rings.